The summed E-state index contributed by atoms with van der Waals surface area (Å²) in [4.78, 5) is 14.2. The monoisotopic (exact) mass is 508 g/mol. The fourth-order valence-electron chi connectivity index (χ4n) is 6.60. The van der Waals surface area contributed by atoms with Gasteiger partial charge in [0.2, 0.25) is 0 Å². The van der Waals surface area contributed by atoms with Crippen LogP contribution in [0.3, 0.4) is 0 Å². The summed E-state index contributed by atoms with van der Waals surface area (Å²) in [5.41, 5.74) is 3.42. The predicted octanol–water partition coefficient (Wildman–Crippen LogP) is 8.47. The largest absolute Gasteiger partial charge is 0.497 e. The van der Waals surface area contributed by atoms with Crippen molar-refractivity contribution in [1.29, 1.82) is 5.26 Å². The van der Waals surface area contributed by atoms with Gasteiger partial charge in [-0.1, -0.05) is 86.0 Å². The van der Waals surface area contributed by atoms with Crippen molar-refractivity contribution in [2.24, 2.45) is 0 Å². The van der Waals surface area contributed by atoms with E-state index in [1.165, 1.54) is 33.4 Å². The maximum Gasteiger partial charge on any atom is 0.269 e. The van der Waals surface area contributed by atoms with E-state index in [2.05, 4.69) is 66.7 Å². The molecule has 5 aromatic carbocycles. The molecule has 0 aliphatic heterocycles. The lowest BCUT2D eigenvalue weighted by atomic mass is 9.89. The van der Waals surface area contributed by atoms with E-state index in [1.807, 2.05) is 28.8 Å². The van der Waals surface area contributed by atoms with Crippen LogP contribution in [0.25, 0.3) is 54.7 Å². The van der Waals surface area contributed by atoms with Crippen molar-refractivity contribution in [3.8, 4) is 34.2 Å². The molecule has 4 nitrogen and oxygen atoms in total. The van der Waals surface area contributed by atoms with Crippen LogP contribution in [0.2, 0.25) is 0 Å². The number of hydrogen-bond acceptors (Lipinski definition) is 3. The Morgan fingerprint density at radius 2 is 1.46 bits per heavy atom. The van der Waals surface area contributed by atoms with E-state index in [4.69, 9.17) is 4.74 Å². The maximum absolute atomic E-state index is 14.2. The van der Waals surface area contributed by atoms with Gasteiger partial charge in [-0.05, 0) is 68.9 Å². The third kappa shape index (κ3) is 3.69. The van der Waals surface area contributed by atoms with E-state index >= 15 is 0 Å². The Morgan fingerprint density at radius 1 is 0.795 bits per heavy atom. The van der Waals surface area contributed by atoms with Crippen molar-refractivity contribution in [3.05, 3.63) is 101 Å². The highest BCUT2D eigenvalue weighted by Crippen LogP contribution is 2.41. The average molecular weight is 509 g/mol. The fraction of sp³-hybridized carbons (Fsp3) is 0.200. The van der Waals surface area contributed by atoms with Crippen LogP contribution in [0.4, 0.5) is 0 Å². The predicted molar refractivity (Wildman–Crippen MR) is 159 cm³/mol. The maximum atomic E-state index is 14.2. The Hall–Kier alpha value is -4.62. The summed E-state index contributed by atoms with van der Waals surface area (Å²) in [6.45, 7) is 0. The van der Waals surface area contributed by atoms with E-state index in [1.54, 1.807) is 7.11 Å². The van der Waals surface area contributed by atoms with Gasteiger partial charge in [0.1, 0.15) is 17.4 Å². The molecule has 1 saturated carbocycles. The number of benzene rings is 5. The number of nitriles is 1. The minimum Gasteiger partial charge on any atom is -0.497 e. The van der Waals surface area contributed by atoms with E-state index in [0.29, 0.717) is 5.56 Å². The molecule has 6 aromatic rings. The van der Waals surface area contributed by atoms with Gasteiger partial charge in [-0.2, -0.15) is 5.26 Å². The summed E-state index contributed by atoms with van der Waals surface area (Å²) in [7, 11) is 1.63. The minimum absolute atomic E-state index is 0.0804. The fourth-order valence-corrected chi connectivity index (χ4v) is 6.60. The van der Waals surface area contributed by atoms with Crippen molar-refractivity contribution in [2.75, 3.05) is 7.11 Å². The van der Waals surface area contributed by atoms with Gasteiger partial charge >= 0.3 is 0 Å². The molecule has 0 atom stereocenters. The van der Waals surface area contributed by atoms with E-state index < -0.39 is 0 Å². The van der Waals surface area contributed by atoms with Gasteiger partial charge in [-0.15, -0.1) is 0 Å². The lowest BCUT2D eigenvalue weighted by Crippen LogP contribution is -2.30. The Balaban J connectivity index is 1.57. The number of rotatable bonds is 4. The molecule has 1 aromatic heterocycles. The standard InChI is InChI=1S/C35H28N2O2/c1-39-27-16-12-22(13-17-27)30-20-32(37(35(38)31(30)21-36)26-8-3-2-4-9-26)28-18-14-25-11-10-23-6-5-7-24-15-19-29(28)34(25)33(23)24/h5-7,10-20,26H,2-4,8-9H2,1H3. The lowest BCUT2D eigenvalue weighted by molar-refractivity contribution is 0.349. The highest BCUT2D eigenvalue weighted by atomic mass is 16.5. The second-order valence-electron chi connectivity index (χ2n) is 10.6. The molecule has 1 fully saturated rings. The molecule has 0 unspecified atom stereocenters. The number of nitrogens with zero attached hydrogens (tertiary/aromatic N) is 2. The average Bonchev–Trinajstić information content (AvgIpc) is 3.00. The molecule has 1 aliphatic carbocycles. The van der Waals surface area contributed by atoms with Gasteiger partial charge in [0.15, 0.2) is 0 Å². The first-order valence-electron chi connectivity index (χ1n) is 13.7. The highest BCUT2D eigenvalue weighted by molar-refractivity contribution is 6.25. The smallest absolute Gasteiger partial charge is 0.269 e. The van der Waals surface area contributed by atoms with E-state index in [-0.39, 0.29) is 17.2 Å². The zero-order valence-electron chi connectivity index (χ0n) is 21.9. The molecule has 0 spiro atoms. The first-order chi connectivity index (χ1) is 19.2. The zero-order valence-corrected chi connectivity index (χ0v) is 21.9. The SMILES string of the molecule is COc1ccc(-c2cc(-c3ccc4ccc5cccc6ccc3c4c56)n(C3CCCCC3)c(=O)c2C#N)cc1. The summed E-state index contributed by atoms with van der Waals surface area (Å²) < 4.78 is 7.29. The molecule has 0 bridgehead atoms. The molecule has 1 heterocycles. The van der Waals surface area contributed by atoms with Crippen LogP contribution >= 0.6 is 0 Å². The Kier molecular flexibility index (Phi) is 5.60. The lowest BCUT2D eigenvalue weighted by Gasteiger charge is -2.28. The topological polar surface area (TPSA) is 55.0 Å². The molecule has 0 amide bonds. The molecular formula is C35H28N2O2. The van der Waals surface area contributed by atoms with Crippen molar-refractivity contribution in [2.45, 2.75) is 38.1 Å². The minimum atomic E-state index is -0.196. The Labute approximate surface area is 227 Å². The van der Waals surface area contributed by atoms with Gasteiger partial charge in [0.05, 0.1) is 12.8 Å². The summed E-state index contributed by atoms with van der Waals surface area (Å²) >= 11 is 0. The summed E-state index contributed by atoms with van der Waals surface area (Å²) in [5.74, 6) is 0.736. The molecule has 7 rings (SSSR count). The normalized spacial score (nSPS) is 14.3. The van der Waals surface area contributed by atoms with Crippen LogP contribution in [-0.2, 0) is 0 Å². The number of methoxy groups -OCH3 is 1. The van der Waals surface area contributed by atoms with Crippen molar-refractivity contribution >= 4 is 32.3 Å². The van der Waals surface area contributed by atoms with Crippen LogP contribution in [0.15, 0.2) is 89.7 Å². The first kappa shape index (κ1) is 23.5. The van der Waals surface area contributed by atoms with Crippen LogP contribution in [0.1, 0.15) is 43.7 Å². The second-order valence-corrected chi connectivity index (χ2v) is 10.6. The Morgan fingerprint density at radius 3 is 2.15 bits per heavy atom. The molecule has 0 radical (unpaired) electrons. The third-order valence-electron chi connectivity index (χ3n) is 8.50. The molecule has 39 heavy (non-hydrogen) atoms. The van der Waals surface area contributed by atoms with E-state index in [9.17, 15) is 10.1 Å². The molecule has 0 N–H and O–H groups in total. The number of pyridine rings is 1. The van der Waals surface area contributed by atoms with Gasteiger partial charge in [0.25, 0.3) is 5.56 Å². The molecule has 0 saturated heterocycles. The highest BCUT2D eigenvalue weighted by Gasteiger charge is 2.25. The quantitative estimate of drug-likeness (QED) is 0.224. The number of ether oxygens (including phenoxy) is 1. The van der Waals surface area contributed by atoms with Gasteiger partial charge in [-0.3, -0.25) is 4.79 Å². The Bertz CT molecular complexity index is 1940. The molecule has 4 heteroatoms. The third-order valence-corrected chi connectivity index (χ3v) is 8.50. The molecule has 190 valence electrons. The zero-order chi connectivity index (χ0) is 26.5. The van der Waals surface area contributed by atoms with Gasteiger partial charge < -0.3 is 9.30 Å². The summed E-state index contributed by atoms with van der Waals surface area (Å²) in [5, 5.41) is 17.4. The molecule has 1 aliphatic rings. The van der Waals surface area contributed by atoms with Crippen molar-refractivity contribution in [1.82, 2.24) is 4.57 Å². The number of aromatic nitrogens is 1. The summed E-state index contributed by atoms with van der Waals surface area (Å²) in [6.07, 6.45) is 5.28. The molecular weight excluding hydrogens is 480 g/mol. The summed E-state index contributed by atoms with van der Waals surface area (Å²) in [6, 6.07) is 31.5. The van der Waals surface area contributed by atoms with Gasteiger partial charge in [0, 0.05) is 17.2 Å². The first-order valence-corrected chi connectivity index (χ1v) is 13.7. The number of hydrogen-bond donors (Lipinski definition) is 0. The van der Waals surface area contributed by atoms with Crippen molar-refractivity contribution in [3.63, 3.8) is 0 Å². The second kappa shape index (κ2) is 9.29. The van der Waals surface area contributed by atoms with Crippen LogP contribution in [0.5, 0.6) is 5.75 Å². The van der Waals surface area contributed by atoms with E-state index in [0.717, 1.165) is 53.6 Å². The van der Waals surface area contributed by atoms with Gasteiger partial charge in [-0.25, -0.2) is 0 Å². The van der Waals surface area contributed by atoms with Crippen LogP contribution < -0.4 is 10.3 Å². The van der Waals surface area contributed by atoms with Crippen molar-refractivity contribution < 1.29 is 4.74 Å². The van der Waals surface area contributed by atoms with Crippen LogP contribution in [-0.4, -0.2) is 11.7 Å². The van der Waals surface area contributed by atoms with Crippen LogP contribution in [0, 0.1) is 11.3 Å².